The van der Waals surface area contributed by atoms with E-state index in [1.165, 1.54) is 87.2 Å². The van der Waals surface area contributed by atoms with Crippen molar-refractivity contribution in [2.75, 3.05) is 0 Å². The maximum Gasteiger partial charge on any atom is -0.00199 e. The second kappa shape index (κ2) is 9.93. The van der Waals surface area contributed by atoms with Crippen molar-refractivity contribution in [3.05, 3.63) is 170 Å². The fraction of sp³-hybridized carbons (Fsp3) is 0. The molecule has 9 rings (SSSR count). The van der Waals surface area contributed by atoms with Crippen molar-refractivity contribution in [3.63, 3.8) is 0 Å². The van der Waals surface area contributed by atoms with Crippen LogP contribution in [0.3, 0.4) is 0 Å². The van der Waals surface area contributed by atoms with Crippen LogP contribution in [-0.2, 0) is 0 Å². The molecule has 0 saturated carbocycles. The van der Waals surface area contributed by atoms with E-state index in [1.54, 1.807) is 0 Å². The normalized spacial score (nSPS) is 11.6. The highest BCUT2D eigenvalue weighted by molar-refractivity contribution is 6.26. The van der Waals surface area contributed by atoms with E-state index in [0.29, 0.717) is 0 Å². The molecule has 9 aromatic carbocycles. The molecule has 0 radical (unpaired) electrons. The topological polar surface area (TPSA) is 0 Å². The zero-order valence-corrected chi connectivity index (χ0v) is 24.2. The van der Waals surface area contributed by atoms with Gasteiger partial charge in [0.05, 0.1) is 0 Å². The SMILES string of the molecule is c1ccc(-c2ccc3c(-c4cccc5ccccc45)c4ccccc4c(-c4cccc5c4ccc4ccccc45)c3c2)cc1. The number of fused-ring (bicyclic) bond motifs is 6. The molecule has 0 unspecified atom stereocenters. The van der Waals surface area contributed by atoms with Gasteiger partial charge in [0.1, 0.15) is 0 Å². The zero-order chi connectivity index (χ0) is 29.0. The average Bonchev–Trinajstić information content (AvgIpc) is 3.10. The first-order valence-corrected chi connectivity index (χ1v) is 15.3. The molecule has 0 heterocycles. The highest BCUT2D eigenvalue weighted by atomic mass is 14.2. The van der Waals surface area contributed by atoms with Gasteiger partial charge in [-0.25, -0.2) is 0 Å². The monoisotopic (exact) mass is 556 g/mol. The molecule has 0 fully saturated rings. The van der Waals surface area contributed by atoms with Gasteiger partial charge in [-0.3, -0.25) is 0 Å². The van der Waals surface area contributed by atoms with Crippen LogP contribution in [0.1, 0.15) is 0 Å². The van der Waals surface area contributed by atoms with E-state index in [4.69, 9.17) is 0 Å². The van der Waals surface area contributed by atoms with Gasteiger partial charge in [0.25, 0.3) is 0 Å². The van der Waals surface area contributed by atoms with Gasteiger partial charge in [-0.05, 0) is 93.3 Å². The predicted molar refractivity (Wildman–Crippen MR) is 190 cm³/mol. The molecule has 44 heavy (non-hydrogen) atoms. The Bertz CT molecular complexity index is 2530. The van der Waals surface area contributed by atoms with Gasteiger partial charge in [-0.15, -0.1) is 0 Å². The van der Waals surface area contributed by atoms with E-state index in [0.717, 1.165) is 0 Å². The van der Waals surface area contributed by atoms with Crippen molar-refractivity contribution in [1.82, 2.24) is 0 Å². The summed E-state index contributed by atoms with van der Waals surface area (Å²) in [7, 11) is 0. The lowest BCUT2D eigenvalue weighted by atomic mass is 9.82. The van der Waals surface area contributed by atoms with Crippen molar-refractivity contribution in [2.45, 2.75) is 0 Å². The van der Waals surface area contributed by atoms with E-state index >= 15 is 0 Å². The largest absolute Gasteiger partial charge is 0.0622 e. The Morgan fingerprint density at radius 1 is 0.227 bits per heavy atom. The Morgan fingerprint density at radius 3 is 1.50 bits per heavy atom. The number of benzene rings is 9. The van der Waals surface area contributed by atoms with Crippen LogP contribution in [0.4, 0.5) is 0 Å². The number of rotatable bonds is 3. The van der Waals surface area contributed by atoms with Gasteiger partial charge < -0.3 is 0 Å². The third kappa shape index (κ3) is 3.78. The molecule has 0 aliphatic rings. The summed E-state index contributed by atoms with van der Waals surface area (Å²) in [6.07, 6.45) is 0. The van der Waals surface area contributed by atoms with E-state index in [9.17, 15) is 0 Å². The Kier molecular flexibility index (Phi) is 5.61. The van der Waals surface area contributed by atoms with Crippen LogP contribution in [0.15, 0.2) is 170 Å². The van der Waals surface area contributed by atoms with Crippen LogP contribution >= 0.6 is 0 Å². The highest BCUT2D eigenvalue weighted by Crippen LogP contribution is 2.47. The van der Waals surface area contributed by atoms with Crippen LogP contribution in [0, 0.1) is 0 Å². The summed E-state index contributed by atoms with van der Waals surface area (Å²) in [4.78, 5) is 0. The third-order valence-corrected chi connectivity index (χ3v) is 9.25. The highest BCUT2D eigenvalue weighted by Gasteiger charge is 2.20. The first-order valence-electron chi connectivity index (χ1n) is 15.3. The van der Waals surface area contributed by atoms with Gasteiger partial charge in [0.15, 0.2) is 0 Å². The summed E-state index contributed by atoms with van der Waals surface area (Å²) < 4.78 is 0. The van der Waals surface area contributed by atoms with E-state index in [2.05, 4.69) is 170 Å². The van der Waals surface area contributed by atoms with Crippen molar-refractivity contribution < 1.29 is 0 Å². The molecule has 0 aromatic heterocycles. The van der Waals surface area contributed by atoms with Crippen LogP contribution in [0.2, 0.25) is 0 Å². The van der Waals surface area contributed by atoms with Gasteiger partial charge in [-0.1, -0.05) is 164 Å². The van der Waals surface area contributed by atoms with Crippen molar-refractivity contribution >= 4 is 53.9 Å². The quantitative estimate of drug-likeness (QED) is 0.150. The van der Waals surface area contributed by atoms with E-state index in [1.807, 2.05) is 0 Å². The molecule has 204 valence electrons. The smallest absolute Gasteiger partial charge is 0.00199 e. The Balaban J connectivity index is 1.48. The minimum Gasteiger partial charge on any atom is -0.0622 e. The second-order valence-corrected chi connectivity index (χ2v) is 11.6. The zero-order valence-electron chi connectivity index (χ0n) is 24.2. The van der Waals surface area contributed by atoms with Crippen molar-refractivity contribution in [3.8, 4) is 33.4 Å². The molecule has 9 aromatic rings. The summed E-state index contributed by atoms with van der Waals surface area (Å²) >= 11 is 0. The first-order chi connectivity index (χ1) is 21.8. The average molecular weight is 557 g/mol. The molecule has 0 aliphatic heterocycles. The Labute approximate surface area is 256 Å². The Morgan fingerprint density at radius 2 is 0.727 bits per heavy atom. The van der Waals surface area contributed by atoms with Crippen LogP contribution in [-0.4, -0.2) is 0 Å². The maximum absolute atomic E-state index is 2.42. The van der Waals surface area contributed by atoms with Crippen LogP contribution < -0.4 is 0 Å². The lowest BCUT2D eigenvalue weighted by molar-refractivity contribution is 1.64. The fourth-order valence-corrected chi connectivity index (χ4v) is 7.27. The standard InChI is InChI=1S/C44H28/c1-2-12-29(13-3-1)32-25-27-41-42(28-32)44(38-23-11-21-35-33-17-6-5-15-31(33)24-26-36(35)38)40-20-9-8-19-39(40)43(41)37-22-10-16-30-14-4-7-18-34(30)37/h1-28H. The first kappa shape index (κ1) is 24.8. The summed E-state index contributed by atoms with van der Waals surface area (Å²) in [5, 5.41) is 12.7. The molecule has 0 saturated heterocycles. The summed E-state index contributed by atoms with van der Waals surface area (Å²) in [6, 6.07) is 62.3. The van der Waals surface area contributed by atoms with Crippen LogP contribution in [0.5, 0.6) is 0 Å². The molecule has 0 aliphatic carbocycles. The minimum atomic E-state index is 1.23. The summed E-state index contributed by atoms with van der Waals surface area (Å²) in [5.41, 5.74) is 7.57. The molecular weight excluding hydrogens is 528 g/mol. The van der Waals surface area contributed by atoms with Crippen LogP contribution in [0.25, 0.3) is 87.2 Å². The second-order valence-electron chi connectivity index (χ2n) is 11.6. The molecule has 0 spiro atoms. The molecule has 0 nitrogen and oxygen atoms in total. The lowest BCUT2D eigenvalue weighted by Gasteiger charge is -2.20. The number of hydrogen-bond donors (Lipinski definition) is 0. The van der Waals surface area contributed by atoms with Gasteiger partial charge in [0, 0.05) is 0 Å². The van der Waals surface area contributed by atoms with Gasteiger partial charge in [0.2, 0.25) is 0 Å². The predicted octanol–water partition coefficient (Wildman–Crippen LogP) is 12.5. The van der Waals surface area contributed by atoms with Crippen molar-refractivity contribution in [2.24, 2.45) is 0 Å². The van der Waals surface area contributed by atoms with Crippen molar-refractivity contribution in [1.29, 1.82) is 0 Å². The maximum atomic E-state index is 2.42. The molecule has 0 atom stereocenters. The Hall–Kier alpha value is -5.72. The van der Waals surface area contributed by atoms with E-state index < -0.39 is 0 Å². The van der Waals surface area contributed by atoms with Gasteiger partial charge >= 0.3 is 0 Å². The lowest BCUT2D eigenvalue weighted by Crippen LogP contribution is -1.93. The molecule has 0 bridgehead atoms. The molecule has 0 N–H and O–H groups in total. The molecule has 0 heteroatoms. The molecular formula is C44H28. The van der Waals surface area contributed by atoms with Gasteiger partial charge in [-0.2, -0.15) is 0 Å². The molecule has 0 amide bonds. The number of hydrogen-bond acceptors (Lipinski definition) is 0. The summed E-state index contributed by atoms with van der Waals surface area (Å²) in [6.45, 7) is 0. The fourth-order valence-electron chi connectivity index (χ4n) is 7.27. The minimum absolute atomic E-state index is 1.23. The van der Waals surface area contributed by atoms with E-state index in [-0.39, 0.29) is 0 Å². The third-order valence-electron chi connectivity index (χ3n) is 9.25. The summed E-state index contributed by atoms with van der Waals surface area (Å²) in [5.74, 6) is 0.